The van der Waals surface area contributed by atoms with Gasteiger partial charge in [-0.2, -0.15) is 0 Å². The Morgan fingerprint density at radius 3 is 2.00 bits per heavy atom. The molecule has 2 aliphatic rings. The topological polar surface area (TPSA) is 38.6 Å². The number of nitrogens with zero attached hydrogens (tertiary/aromatic N) is 2. The van der Waals surface area contributed by atoms with Crippen LogP contribution >= 0.6 is 0 Å². The second-order valence-corrected chi connectivity index (χ2v) is 7.53. The van der Waals surface area contributed by atoms with Gasteiger partial charge >= 0.3 is 0 Å². The Morgan fingerprint density at radius 1 is 0.923 bits per heavy atom. The lowest BCUT2D eigenvalue weighted by atomic mass is 10.0. The third-order valence-electron chi connectivity index (χ3n) is 5.86. The Morgan fingerprint density at radius 2 is 1.50 bits per heavy atom. The molecule has 0 aliphatic carbocycles. The lowest BCUT2D eigenvalue weighted by Crippen LogP contribution is -3.12. The van der Waals surface area contributed by atoms with E-state index in [1.54, 1.807) is 26.2 Å². The highest BCUT2D eigenvalue weighted by Gasteiger charge is 2.28. The first-order valence-corrected chi connectivity index (χ1v) is 9.71. The Kier molecular flexibility index (Phi) is 6.62. The Bertz CT molecular complexity index is 555. The van der Waals surface area contributed by atoms with Gasteiger partial charge in [0, 0.05) is 25.7 Å². The first kappa shape index (κ1) is 19.3. The zero-order valence-corrected chi connectivity index (χ0v) is 16.7. The van der Waals surface area contributed by atoms with Gasteiger partial charge in [0.05, 0.1) is 41.5 Å². The van der Waals surface area contributed by atoms with Crippen molar-refractivity contribution in [3.8, 4) is 17.2 Å². The molecule has 6 heteroatoms. The molecule has 0 atom stereocenters. The predicted molar refractivity (Wildman–Crippen MR) is 103 cm³/mol. The molecule has 2 heterocycles. The fourth-order valence-corrected chi connectivity index (χ4v) is 4.20. The molecule has 6 nitrogen and oxygen atoms in total. The Labute approximate surface area is 157 Å². The molecule has 1 aromatic rings. The number of likely N-dealkylation sites (N-methyl/N-ethyl adjacent to an activating group) is 1. The fraction of sp³-hybridized carbons (Fsp3) is 0.700. The molecular formula is C20H34N3O3+. The van der Waals surface area contributed by atoms with Gasteiger partial charge in [0.2, 0.25) is 5.75 Å². The number of quaternary nitrogens is 1. The summed E-state index contributed by atoms with van der Waals surface area (Å²) >= 11 is 0. The standard InChI is InChI=1S/C20H33N3O3/c1-21-9-11-23(12-10-21)17-5-7-22(8-6-17)15-16-13-18(24-2)20(26-4)19(14-16)25-3/h13-14,17H,5-12,15H2,1-4H3/p+1. The van der Waals surface area contributed by atoms with Crippen LogP contribution in [0.3, 0.4) is 0 Å². The average Bonchev–Trinajstić information content (AvgIpc) is 2.68. The van der Waals surface area contributed by atoms with E-state index in [2.05, 4.69) is 29.0 Å². The van der Waals surface area contributed by atoms with Gasteiger partial charge in [-0.15, -0.1) is 0 Å². The summed E-state index contributed by atoms with van der Waals surface area (Å²) < 4.78 is 16.4. The van der Waals surface area contributed by atoms with Gasteiger partial charge in [-0.25, -0.2) is 0 Å². The van der Waals surface area contributed by atoms with Crippen LogP contribution in [0.5, 0.6) is 17.2 Å². The van der Waals surface area contributed by atoms with Crippen molar-refractivity contribution >= 4 is 0 Å². The molecule has 1 N–H and O–H groups in total. The number of rotatable bonds is 6. The van der Waals surface area contributed by atoms with Gasteiger partial charge in [-0.1, -0.05) is 0 Å². The van der Waals surface area contributed by atoms with Crippen LogP contribution in [0.4, 0.5) is 0 Å². The number of methoxy groups -OCH3 is 3. The smallest absolute Gasteiger partial charge is 0.203 e. The third kappa shape index (κ3) is 4.42. The average molecular weight is 365 g/mol. The van der Waals surface area contributed by atoms with E-state index in [0.717, 1.165) is 37.2 Å². The van der Waals surface area contributed by atoms with Crippen molar-refractivity contribution in [1.29, 1.82) is 0 Å². The van der Waals surface area contributed by atoms with Crippen molar-refractivity contribution in [2.24, 2.45) is 0 Å². The molecule has 0 unspecified atom stereocenters. The maximum absolute atomic E-state index is 5.48. The van der Waals surface area contributed by atoms with Crippen LogP contribution in [0, 0.1) is 0 Å². The van der Waals surface area contributed by atoms with Crippen LogP contribution < -0.4 is 19.1 Å². The van der Waals surface area contributed by atoms with Crippen LogP contribution in [-0.4, -0.2) is 83.5 Å². The predicted octanol–water partition coefficient (Wildman–Crippen LogP) is 0.507. The van der Waals surface area contributed by atoms with Gasteiger partial charge in [0.15, 0.2) is 11.5 Å². The molecule has 0 aromatic heterocycles. The summed E-state index contributed by atoms with van der Waals surface area (Å²) in [6.45, 7) is 8.31. The molecule has 2 aliphatic heterocycles. The SMILES string of the molecule is COc1cc(CN2CCC(N3CC[NH+](C)CC3)CC2)cc(OC)c1OC. The zero-order valence-electron chi connectivity index (χ0n) is 16.7. The summed E-state index contributed by atoms with van der Waals surface area (Å²) in [4.78, 5) is 6.92. The largest absolute Gasteiger partial charge is 0.493 e. The lowest BCUT2D eigenvalue weighted by molar-refractivity contribution is -0.884. The van der Waals surface area contributed by atoms with Gasteiger partial charge in [-0.05, 0) is 43.6 Å². The van der Waals surface area contributed by atoms with E-state index >= 15 is 0 Å². The van der Waals surface area contributed by atoms with Gasteiger partial charge in [0.25, 0.3) is 0 Å². The first-order valence-electron chi connectivity index (χ1n) is 9.71. The first-order chi connectivity index (χ1) is 12.6. The van der Waals surface area contributed by atoms with Crippen LogP contribution in [0.1, 0.15) is 18.4 Å². The number of piperidine rings is 1. The summed E-state index contributed by atoms with van der Waals surface area (Å²) in [5, 5.41) is 0. The number of hydrogen-bond acceptors (Lipinski definition) is 5. The molecule has 26 heavy (non-hydrogen) atoms. The highest BCUT2D eigenvalue weighted by atomic mass is 16.5. The Hall–Kier alpha value is -1.50. The number of ether oxygens (including phenoxy) is 3. The summed E-state index contributed by atoms with van der Waals surface area (Å²) in [5.41, 5.74) is 1.21. The molecule has 0 radical (unpaired) electrons. The monoisotopic (exact) mass is 364 g/mol. The Balaban J connectivity index is 1.57. The summed E-state index contributed by atoms with van der Waals surface area (Å²) in [6, 6.07) is 4.90. The van der Waals surface area contributed by atoms with Crippen molar-refractivity contribution < 1.29 is 19.1 Å². The summed E-state index contributed by atoms with van der Waals surface area (Å²) in [5.74, 6) is 2.13. The maximum Gasteiger partial charge on any atom is 0.203 e. The van der Waals surface area contributed by atoms with Crippen molar-refractivity contribution in [1.82, 2.24) is 9.80 Å². The molecule has 0 spiro atoms. The molecule has 146 valence electrons. The fourth-order valence-electron chi connectivity index (χ4n) is 4.20. The van der Waals surface area contributed by atoms with Gasteiger partial charge < -0.3 is 19.1 Å². The van der Waals surface area contributed by atoms with Crippen LogP contribution in [-0.2, 0) is 6.54 Å². The highest BCUT2D eigenvalue weighted by molar-refractivity contribution is 5.53. The third-order valence-corrected chi connectivity index (χ3v) is 5.86. The number of benzene rings is 1. The van der Waals surface area contributed by atoms with E-state index < -0.39 is 0 Å². The normalized spacial score (nSPS) is 20.9. The number of piperazine rings is 1. The molecule has 2 fully saturated rings. The second kappa shape index (κ2) is 8.93. The minimum atomic E-state index is 0.662. The second-order valence-electron chi connectivity index (χ2n) is 7.53. The molecule has 0 bridgehead atoms. The molecule has 3 rings (SSSR count). The minimum absolute atomic E-state index is 0.662. The van der Waals surface area contributed by atoms with Crippen molar-refractivity contribution in [2.45, 2.75) is 25.4 Å². The quantitative estimate of drug-likeness (QED) is 0.796. The summed E-state index contributed by atoms with van der Waals surface area (Å²) in [7, 11) is 7.29. The zero-order chi connectivity index (χ0) is 18.5. The van der Waals surface area contributed by atoms with E-state index in [0.29, 0.717) is 5.75 Å². The molecule has 0 saturated carbocycles. The van der Waals surface area contributed by atoms with E-state index in [1.165, 1.54) is 44.6 Å². The van der Waals surface area contributed by atoms with Gasteiger partial charge in [0.1, 0.15) is 0 Å². The minimum Gasteiger partial charge on any atom is -0.493 e. The van der Waals surface area contributed by atoms with Crippen molar-refractivity contribution in [3.05, 3.63) is 17.7 Å². The van der Waals surface area contributed by atoms with Crippen molar-refractivity contribution in [3.63, 3.8) is 0 Å². The molecular weight excluding hydrogens is 330 g/mol. The van der Waals surface area contributed by atoms with E-state index in [1.807, 2.05) is 0 Å². The van der Waals surface area contributed by atoms with E-state index in [-0.39, 0.29) is 0 Å². The molecule has 1 aromatic carbocycles. The van der Waals surface area contributed by atoms with Crippen LogP contribution in [0.25, 0.3) is 0 Å². The van der Waals surface area contributed by atoms with E-state index in [9.17, 15) is 0 Å². The number of hydrogen-bond donors (Lipinski definition) is 1. The van der Waals surface area contributed by atoms with Crippen LogP contribution in [0.15, 0.2) is 12.1 Å². The van der Waals surface area contributed by atoms with Crippen LogP contribution in [0.2, 0.25) is 0 Å². The highest BCUT2D eigenvalue weighted by Crippen LogP contribution is 2.38. The van der Waals surface area contributed by atoms with Crippen molar-refractivity contribution in [2.75, 3.05) is 67.6 Å². The van der Waals surface area contributed by atoms with Gasteiger partial charge in [-0.3, -0.25) is 9.80 Å². The molecule has 0 amide bonds. The molecule has 2 saturated heterocycles. The summed E-state index contributed by atoms with van der Waals surface area (Å²) in [6.07, 6.45) is 2.53. The maximum atomic E-state index is 5.48. The number of likely N-dealkylation sites (tertiary alicyclic amines) is 1. The lowest BCUT2D eigenvalue weighted by Gasteiger charge is -2.40. The van der Waals surface area contributed by atoms with E-state index in [4.69, 9.17) is 14.2 Å². The number of nitrogens with one attached hydrogen (secondary N) is 1.